The van der Waals surface area contributed by atoms with Gasteiger partial charge in [0.1, 0.15) is 18.2 Å². The van der Waals surface area contributed by atoms with Crippen molar-refractivity contribution in [3.8, 4) is 5.75 Å². The lowest BCUT2D eigenvalue weighted by Gasteiger charge is -2.21. The molecule has 0 radical (unpaired) electrons. The number of amides is 2. The lowest BCUT2D eigenvalue weighted by atomic mass is 10.1. The Morgan fingerprint density at radius 1 is 1.08 bits per heavy atom. The molecule has 2 aromatic carbocycles. The highest BCUT2D eigenvalue weighted by Crippen LogP contribution is 2.28. The Balaban J connectivity index is 1.77. The Morgan fingerprint density at radius 2 is 1.84 bits per heavy atom. The first kappa shape index (κ1) is 17.1. The number of imide groups is 1. The largest absolute Gasteiger partial charge is 0.489 e. The Bertz CT molecular complexity index is 821. The number of halogens is 1. The molecule has 25 heavy (non-hydrogen) atoms. The second-order valence-electron chi connectivity index (χ2n) is 5.91. The number of benzene rings is 2. The molecule has 1 heterocycles. The molecule has 0 unspecified atom stereocenters. The van der Waals surface area contributed by atoms with Crippen molar-refractivity contribution in [1.29, 1.82) is 0 Å². The molecule has 3 rings (SSSR count). The summed E-state index contributed by atoms with van der Waals surface area (Å²) in [6.07, 6.45) is 0. The average Bonchev–Trinajstić information content (AvgIpc) is 2.84. The zero-order chi connectivity index (χ0) is 18.0. The molecular weight excluding hydrogens is 325 g/mol. The fourth-order valence-electron chi connectivity index (χ4n) is 2.84. The molecule has 0 aliphatic carbocycles. The summed E-state index contributed by atoms with van der Waals surface area (Å²) in [5, 5.41) is 0. The lowest BCUT2D eigenvalue weighted by Crippen LogP contribution is -2.40. The molecule has 0 saturated heterocycles. The van der Waals surface area contributed by atoms with E-state index >= 15 is 0 Å². The molecule has 6 heteroatoms. The van der Waals surface area contributed by atoms with Gasteiger partial charge in [-0.2, -0.15) is 0 Å². The molecular formula is C19H18FNO4. The van der Waals surface area contributed by atoms with E-state index in [2.05, 4.69) is 0 Å². The second-order valence-corrected chi connectivity index (χ2v) is 5.91. The summed E-state index contributed by atoms with van der Waals surface area (Å²) < 4.78 is 23.9. The predicted molar refractivity (Wildman–Crippen MR) is 89.0 cm³/mol. The van der Waals surface area contributed by atoms with Crippen molar-refractivity contribution < 1.29 is 23.5 Å². The highest BCUT2D eigenvalue weighted by Gasteiger charge is 2.38. The Kier molecular flexibility index (Phi) is 4.81. The van der Waals surface area contributed by atoms with E-state index in [0.717, 1.165) is 0 Å². The molecule has 5 nitrogen and oxygen atoms in total. The van der Waals surface area contributed by atoms with Gasteiger partial charge in [-0.15, -0.1) is 0 Å². The topological polar surface area (TPSA) is 55.8 Å². The number of nitrogens with zero attached hydrogens (tertiary/aromatic N) is 1. The zero-order valence-corrected chi connectivity index (χ0v) is 14.0. The van der Waals surface area contributed by atoms with Gasteiger partial charge in [-0.1, -0.05) is 12.1 Å². The first-order chi connectivity index (χ1) is 12.0. The van der Waals surface area contributed by atoms with Gasteiger partial charge in [0.25, 0.3) is 11.8 Å². The maximum absolute atomic E-state index is 13.2. The maximum Gasteiger partial charge on any atom is 0.262 e. The smallest absolute Gasteiger partial charge is 0.262 e. The number of ether oxygens (including phenoxy) is 2. The van der Waals surface area contributed by atoms with Gasteiger partial charge in [-0.3, -0.25) is 14.5 Å². The SMILES string of the molecule is COC[C@H](C)N1C(=O)c2ccc(OCc3cccc(F)c3)cc2C1=O. The van der Waals surface area contributed by atoms with Crippen molar-refractivity contribution in [1.82, 2.24) is 4.90 Å². The summed E-state index contributed by atoms with van der Waals surface area (Å²) in [5.74, 6) is -0.578. The van der Waals surface area contributed by atoms with E-state index in [-0.39, 0.29) is 36.9 Å². The fraction of sp³-hybridized carbons (Fsp3) is 0.263. The van der Waals surface area contributed by atoms with E-state index in [0.29, 0.717) is 22.4 Å². The Labute approximate surface area is 145 Å². The molecule has 1 atom stereocenters. The van der Waals surface area contributed by atoms with Gasteiger partial charge in [0, 0.05) is 7.11 Å². The summed E-state index contributed by atoms with van der Waals surface area (Å²) in [6.45, 7) is 2.20. The zero-order valence-electron chi connectivity index (χ0n) is 14.0. The quantitative estimate of drug-likeness (QED) is 0.757. The summed E-state index contributed by atoms with van der Waals surface area (Å²) in [6, 6.07) is 10.5. The molecule has 0 saturated carbocycles. The molecule has 0 aromatic heterocycles. The number of hydrogen-bond acceptors (Lipinski definition) is 4. The van der Waals surface area contributed by atoms with E-state index in [1.165, 1.54) is 24.1 Å². The third-order valence-corrected chi connectivity index (χ3v) is 4.03. The number of carbonyl (C=O) groups excluding carboxylic acids is 2. The Morgan fingerprint density at radius 3 is 2.56 bits per heavy atom. The van der Waals surface area contributed by atoms with Crippen molar-refractivity contribution in [3.05, 3.63) is 65.0 Å². The van der Waals surface area contributed by atoms with Crippen LogP contribution in [0.15, 0.2) is 42.5 Å². The third kappa shape index (κ3) is 3.39. The van der Waals surface area contributed by atoms with Crippen LogP contribution in [0, 0.1) is 5.82 Å². The van der Waals surface area contributed by atoms with Crippen LogP contribution in [0.2, 0.25) is 0 Å². The summed E-state index contributed by atoms with van der Waals surface area (Å²) in [5.41, 5.74) is 1.34. The summed E-state index contributed by atoms with van der Waals surface area (Å²) in [7, 11) is 1.52. The average molecular weight is 343 g/mol. The standard InChI is InChI=1S/C19H18FNO4/c1-12(10-24-2)21-18(22)16-7-6-15(9-17(16)19(21)23)25-11-13-4-3-5-14(20)8-13/h3-9,12H,10-11H2,1-2H3/t12-/m0/s1. The first-order valence-electron chi connectivity index (χ1n) is 7.89. The van der Waals surface area contributed by atoms with Crippen LogP contribution in [0.3, 0.4) is 0 Å². The van der Waals surface area contributed by atoms with Gasteiger partial charge in [-0.25, -0.2) is 4.39 Å². The van der Waals surface area contributed by atoms with E-state index in [1.54, 1.807) is 37.3 Å². The number of carbonyl (C=O) groups is 2. The van der Waals surface area contributed by atoms with Crippen LogP contribution >= 0.6 is 0 Å². The van der Waals surface area contributed by atoms with Crippen molar-refractivity contribution in [3.63, 3.8) is 0 Å². The van der Waals surface area contributed by atoms with Gasteiger partial charge in [0.2, 0.25) is 0 Å². The molecule has 130 valence electrons. The molecule has 1 aliphatic rings. The van der Waals surface area contributed by atoms with E-state index < -0.39 is 0 Å². The van der Waals surface area contributed by atoms with Crippen LogP contribution in [-0.2, 0) is 11.3 Å². The monoisotopic (exact) mass is 343 g/mol. The molecule has 0 spiro atoms. The summed E-state index contributed by atoms with van der Waals surface area (Å²) >= 11 is 0. The van der Waals surface area contributed by atoms with Crippen LogP contribution in [0.4, 0.5) is 4.39 Å². The van der Waals surface area contributed by atoms with Gasteiger partial charge in [-0.05, 0) is 42.8 Å². The molecule has 0 fully saturated rings. The van der Waals surface area contributed by atoms with Crippen LogP contribution in [0.25, 0.3) is 0 Å². The molecule has 1 aliphatic heterocycles. The number of hydrogen-bond donors (Lipinski definition) is 0. The van der Waals surface area contributed by atoms with Crippen molar-refractivity contribution >= 4 is 11.8 Å². The van der Waals surface area contributed by atoms with Gasteiger partial charge < -0.3 is 9.47 Å². The molecule has 2 amide bonds. The van der Waals surface area contributed by atoms with Crippen LogP contribution in [0.5, 0.6) is 5.75 Å². The lowest BCUT2D eigenvalue weighted by molar-refractivity contribution is 0.0497. The van der Waals surface area contributed by atoms with Crippen LogP contribution in [-0.4, -0.2) is 36.5 Å². The third-order valence-electron chi connectivity index (χ3n) is 4.03. The first-order valence-corrected chi connectivity index (χ1v) is 7.89. The highest BCUT2D eigenvalue weighted by atomic mass is 19.1. The van der Waals surface area contributed by atoms with Crippen LogP contribution < -0.4 is 4.74 Å². The maximum atomic E-state index is 13.2. The van der Waals surface area contributed by atoms with Gasteiger partial charge in [0.05, 0.1) is 23.8 Å². The fourth-order valence-corrected chi connectivity index (χ4v) is 2.84. The number of rotatable bonds is 6. The normalized spacial score (nSPS) is 14.6. The van der Waals surface area contributed by atoms with Crippen molar-refractivity contribution in [2.75, 3.05) is 13.7 Å². The Hall–Kier alpha value is -2.73. The van der Waals surface area contributed by atoms with E-state index in [4.69, 9.17) is 9.47 Å². The molecule has 2 aromatic rings. The summed E-state index contributed by atoms with van der Waals surface area (Å²) in [4.78, 5) is 26.2. The van der Waals surface area contributed by atoms with Gasteiger partial charge >= 0.3 is 0 Å². The molecule has 0 N–H and O–H groups in total. The number of methoxy groups -OCH3 is 1. The van der Waals surface area contributed by atoms with Crippen molar-refractivity contribution in [2.45, 2.75) is 19.6 Å². The van der Waals surface area contributed by atoms with Crippen LogP contribution in [0.1, 0.15) is 33.2 Å². The molecule has 0 bridgehead atoms. The predicted octanol–water partition coefficient (Wildman–Crippen LogP) is 3.04. The van der Waals surface area contributed by atoms with E-state index in [1.807, 2.05) is 0 Å². The van der Waals surface area contributed by atoms with Gasteiger partial charge in [0.15, 0.2) is 0 Å². The number of fused-ring (bicyclic) bond motifs is 1. The minimum Gasteiger partial charge on any atom is -0.489 e. The minimum absolute atomic E-state index is 0.169. The van der Waals surface area contributed by atoms with Crippen molar-refractivity contribution in [2.24, 2.45) is 0 Å². The minimum atomic E-state index is -0.360. The highest BCUT2D eigenvalue weighted by molar-refractivity contribution is 6.21. The second kappa shape index (κ2) is 7.03. The van der Waals surface area contributed by atoms with E-state index in [9.17, 15) is 14.0 Å².